The summed E-state index contributed by atoms with van der Waals surface area (Å²) in [6.45, 7) is 5.86. The smallest absolute Gasteiger partial charge is 0.264 e. The number of ether oxygens (including phenoxy) is 2. The number of benzene rings is 1. The van der Waals surface area contributed by atoms with Gasteiger partial charge in [0.1, 0.15) is 6.10 Å². The fraction of sp³-hybridized carbons (Fsp3) is 0.467. The molecule has 2 heterocycles. The second-order valence-electron chi connectivity index (χ2n) is 5.48. The Bertz CT molecular complexity index is 645. The SMILES string of the molecule is CC(C)c1noc(COc2ccc(Cl)cc2OC2CNC2)n1.Cl. The van der Waals surface area contributed by atoms with Crippen LogP contribution in [0.25, 0.3) is 0 Å². The van der Waals surface area contributed by atoms with E-state index in [1.807, 2.05) is 13.8 Å². The van der Waals surface area contributed by atoms with Gasteiger partial charge in [-0.05, 0) is 12.1 Å². The van der Waals surface area contributed by atoms with E-state index < -0.39 is 0 Å². The Hall–Kier alpha value is -1.50. The number of hydrogen-bond donors (Lipinski definition) is 1. The van der Waals surface area contributed by atoms with Gasteiger partial charge in [-0.25, -0.2) is 0 Å². The van der Waals surface area contributed by atoms with Crippen LogP contribution in [0.3, 0.4) is 0 Å². The summed E-state index contributed by atoms with van der Waals surface area (Å²) >= 11 is 6.02. The molecule has 1 saturated heterocycles. The molecule has 0 saturated carbocycles. The highest BCUT2D eigenvalue weighted by molar-refractivity contribution is 6.30. The van der Waals surface area contributed by atoms with Gasteiger partial charge in [0.05, 0.1) is 0 Å². The Morgan fingerprint density at radius 1 is 1.35 bits per heavy atom. The Morgan fingerprint density at radius 3 is 2.74 bits per heavy atom. The number of halogens is 2. The van der Waals surface area contributed by atoms with Crippen molar-refractivity contribution < 1.29 is 14.0 Å². The number of nitrogens with one attached hydrogen (secondary N) is 1. The van der Waals surface area contributed by atoms with Crippen molar-refractivity contribution in [2.75, 3.05) is 13.1 Å². The second-order valence-corrected chi connectivity index (χ2v) is 5.92. The molecule has 0 amide bonds. The number of aromatic nitrogens is 2. The quantitative estimate of drug-likeness (QED) is 0.853. The first-order valence-electron chi connectivity index (χ1n) is 7.24. The number of hydrogen-bond acceptors (Lipinski definition) is 6. The molecule has 0 radical (unpaired) electrons. The summed E-state index contributed by atoms with van der Waals surface area (Å²) in [7, 11) is 0. The molecule has 1 N–H and O–H groups in total. The summed E-state index contributed by atoms with van der Waals surface area (Å²) in [5, 5.41) is 7.67. The van der Waals surface area contributed by atoms with Gasteiger partial charge in [0.2, 0.25) is 0 Å². The first-order chi connectivity index (χ1) is 10.6. The lowest BCUT2D eigenvalue weighted by atomic mass is 10.2. The molecule has 1 fully saturated rings. The maximum Gasteiger partial charge on any atom is 0.264 e. The maximum atomic E-state index is 6.02. The van der Waals surface area contributed by atoms with Crippen LogP contribution in [-0.2, 0) is 6.61 Å². The predicted molar refractivity (Wildman–Crippen MR) is 88.7 cm³/mol. The van der Waals surface area contributed by atoms with E-state index in [-0.39, 0.29) is 31.0 Å². The molecule has 6 nitrogen and oxygen atoms in total. The molecule has 1 aromatic heterocycles. The summed E-state index contributed by atoms with van der Waals surface area (Å²) in [4.78, 5) is 4.28. The van der Waals surface area contributed by atoms with Crippen molar-refractivity contribution in [3.63, 3.8) is 0 Å². The second kappa shape index (κ2) is 7.86. The van der Waals surface area contributed by atoms with E-state index in [0.29, 0.717) is 28.2 Å². The lowest BCUT2D eigenvalue weighted by molar-refractivity contribution is 0.133. The third-order valence-electron chi connectivity index (χ3n) is 3.29. The Labute approximate surface area is 145 Å². The molecular formula is C15H19Cl2N3O3. The van der Waals surface area contributed by atoms with Crippen molar-refractivity contribution in [1.29, 1.82) is 0 Å². The summed E-state index contributed by atoms with van der Waals surface area (Å²) < 4.78 is 16.8. The lowest BCUT2D eigenvalue weighted by Crippen LogP contribution is -2.50. The maximum absolute atomic E-state index is 6.02. The molecule has 3 rings (SSSR count). The van der Waals surface area contributed by atoms with Crippen molar-refractivity contribution in [3.8, 4) is 11.5 Å². The van der Waals surface area contributed by atoms with E-state index in [2.05, 4.69) is 15.5 Å². The minimum Gasteiger partial charge on any atom is -0.484 e. The van der Waals surface area contributed by atoms with Crippen LogP contribution in [0.2, 0.25) is 5.02 Å². The van der Waals surface area contributed by atoms with Gasteiger partial charge in [0, 0.05) is 30.1 Å². The topological polar surface area (TPSA) is 69.4 Å². The van der Waals surface area contributed by atoms with E-state index in [1.54, 1.807) is 18.2 Å². The van der Waals surface area contributed by atoms with E-state index >= 15 is 0 Å². The van der Waals surface area contributed by atoms with E-state index in [0.717, 1.165) is 13.1 Å². The molecule has 1 aromatic carbocycles. The summed E-state index contributed by atoms with van der Waals surface area (Å²) in [5.41, 5.74) is 0. The standard InChI is InChI=1S/C15H18ClN3O3.ClH/c1-9(2)15-18-14(22-19-15)8-20-12-4-3-10(16)5-13(12)21-11-6-17-7-11;/h3-5,9,11,17H,6-8H2,1-2H3;1H. The Morgan fingerprint density at radius 2 is 2.13 bits per heavy atom. The van der Waals surface area contributed by atoms with Crippen LogP contribution < -0.4 is 14.8 Å². The predicted octanol–water partition coefficient (Wildman–Crippen LogP) is 3.20. The Kier molecular flexibility index (Phi) is 6.10. The summed E-state index contributed by atoms with van der Waals surface area (Å²) in [5.74, 6) is 2.57. The van der Waals surface area contributed by atoms with E-state index in [1.165, 1.54) is 0 Å². The van der Waals surface area contributed by atoms with Crippen molar-refractivity contribution in [1.82, 2.24) is 15.5 Å². The van der Waals surface area contributed by atoms with Gasteiger partial charge in [-0.1, -0.05) is 30.6 Å². The monoisotopic (exact) mass is 359 g/mol. The van der Waals surface area contributed by atoms with Crippen LogP contribution in [-0.4, -0.2) is 29.3 Å². The van der Waals surface area contributed by atoms with Crippen molar-refractivity contribution >= 4 is 24.0 Å². The average molecular weight is 360 g/mol. The van der Waals surface area contributed by atoms with Gasteiger partial charge < -0.3 is 19.3 Å². The molecule has 8 heteroatoms. The molecule has 23 heavy (non-hydrogen) atoms. The summed E-state index contributed by atoms with van der Waals surface area (Å²) in [6.07, 6.45) is 0.150. The number of rotatable bonds is 6. The van der Waals surface area contributed by atoms with E-state index in [9.17, 15) is 0 Å². The van der Waals surface area contributed by atoms with Crippen LogP contribution in [0.5, 0.6) is 11.5 Å². The molecule has 0 bridgehead atoms. The van der Waals surface area contributed by atoms with E-state index in [4.69, 9.17) is 25.6 Å². The van der Waals surface area contributed by atoms with Crippen LogP contribution in [0.15, 0.2) is 22.7 Å². The fourth-order valence-electron chi connectivity index (χ4n) is 1.92. The van der Waals surface area contributed by atoms with Crippen molar-refractivity contribution in [3.05, 3.63) is 34.9 Å². The fourth-order valence-corrected chi connectivity index (χ4v) is 2.08. The highest BCUT2D eigenvalue weighted by atomic mass is 35.5. The highest BCUT2D eigenvalue weighted by Crippen LogP contribution is 2.32. The van der Waals surface area contributed by atoms with Gasteiger partial charge in [-0.15, -0.1) is 12.4 Å². The molecule has 1 aliphatic heterocycles. The molecule has 1 aliphatic rings. The Balaban J connectivity index is 0.00000192. The summed E-state index contributed by atoms with van der Waals surface area (Å²) in [6, 6.07) is 5.29. The third-order valence-corrected chi connectivity index (χ3v) is 3.53. The number of nitrogens with zero attached hydrogens (tertiary/aromatic N) is 2. The van der Waals surface area contributed by atoms with Crippen molar-refractivity contribution in [2.24, 2.45) is 0 Å². The molecule has 0 atom stereocenters. The van der Waals surface area contributed by atoms with Crippen LogP contribution in [0, 0.1) is 0 Å². The van der Waals surface area contributed by atoms with Crippen LogP contribution in [0.4, 0.5) is 0 Å². The first-order valence-corrected chi connectivity index (χ1v) is 7.62. The zero-order valence-corrected chi connectivity index (χ0v) is 14.5. The zero-order valence-electron chi connectivity index (χ0n) is 12.9. The minimum atomic E-state index is 0. The normalized spacial score (nSPS) is 14.3. The molecule has 2 aromatic rings. The average Bonchev–Trinajstić information content (AvgIpc) is 2.91. The minimum absolute atomic E-state index is 0. The highest BCUT2D eigenvalue weighted by Gasteiger charge is 2.20. The van der Waals surface area contributed by atoms with Gasteiger partial charge >= 0.3 is 0 Å². The molecular weight excluding hydrogens is 341 g/mol. The molecule has 126 valence electrons. The molecule has 0 unspecified atom stereocenters. The van der Waals surface area contributed by atoms with Gasteiger partial charge in [0.15, 0.2) is 23.9 Å². The first kappa shape index (κ1) is 17.8. The van der Waals surface area contributed by atoms with Gasteiger partial charge in [-0.2, -0.15) is 4.98 Å². The van der Waals surface area contributed by atoms with Gasteiger partial charge in [-0.3, -0.25) is 0 Å². The zero-order chi connectivity index (χ0) is 15.5. The third kappa shape index (κ3) is 4.50. The van der Waals surface area contributed by atoms with Crippen molar-refractivity contribution in [2.45, 2.75) is 32.5 Å². The molecule has 0 aliphatic carbocycles. The largest absolute Gasteiger partial charge is 0.484 e. The van der Waals surface area contributed by atoms with Gasteiger partial charge in [0.25, 0.3) is 5.89 Å². The van der Waals surface area contributed by atoms with Crippen LogP contribution >= 0.6 is 24.0 Å². The lowest BCUT2D eigenvalue weighted by Gasteiger charge is -2.28. The van der Waals surface area contributed by atoms with Crippen LogP contribution in [0.1, 0.15) is 31.5 Å². The molecule has 0 spiro atoms.